The number of aryl methyl sites for hydroxylation is 1. The highest BCUT2D eigenvalue weighted by Gasteiger charge is 2.26. The van der Waals surface area contributed by atoms with Crippen LogP contribution in [0.5, 0.6) is 0 Å². The number of amides is 1. The number of ether oxygens (including phenoxy) is 1. The van der Waals surface area contributed by atoms with E-state index in [1.165, 1.54) is 0 Å². The van der Waals surface area contributed by atoms with E-state index in [4.69, 9.17) is 9.72 Å². The third-order valence-corrected chi connectivity index (χ3v) is 8.52. The van der Waals surface area contributed by atoms with Gasteiger partial charge in [-0.15, -0.1) is 0 Å². The van der Waals surface area contributed by atoms with E-state index < -0.39 is 5.60 Å². The van der Waals surface area contributed by atoms with Crippen LogP contribution < -0.4 is 15.8 Å². The fraction of sp³-hybridized carbons (Fsp3) is 0.500. The van der Waals surface area contributed by atoms with Crippen LogP contribution in [0.4, 0.5) is 22.1 Å². The Morgan fingerprint density at radius 3 is 2.37 bits per heavy atom. The van der Waals surface area contributed by atoms with Crippen LogP contribution in [0.15, 0.2) is 35.3 Å². The van der Waals surface area contributed by atoms with Gasteiger partial charge in [-0.25, -0.2) is 9.78 Å². The Hall–Kier alpha value is -2.89. The second kappa shape index (κ2) is 10.7. The summed E-state index contributed by atoms with van der Waals surface area (Å²) in [5.41, 5.74) is 3.16. The minimum Gasteiger partial charge on any atom is -0.444 e. The molecule has 9 nitrogen and oxygen atoms in total. The van der Waals surface area contributed by atoms with Crippen molar-refractivity contribution in [3.63, 3.8) is 0 Å². The summed E-state index contributed by atoms with van der Waals surface area (Å²) < 4.78 is 8.14. The molecule has 2 fully saturated rings. The number of piperazine rings is 1. The van der Waals surface area contributed by atoms with Gasteiger partial charge in [0.1, 0.15) is 11.2 Å². The summed E-state index contributed by atoms with van der Waals surface area (Å²) in [4.78, 5) is 39.0. The molecule has 202 valence electrons. The number of carbonyl (C=O) groups excluding carboxylic acids is 1. The van der Waals surface area contributed by atoms with Crippen molar-refractivity contribution in [1.82, 2.24) is 19.4 Å². The number of fused-ring (bicyclic) bond motifs is 1. The highest BCUT2D eigenvalue weighted by molar-refractivity contribution is 14.1. The first kappa shape index (κ1) is 26.7. The molecule has 1 saturated heterocycles. The van der Waals surface area contributed by atoms with Gasteiger partial charge in [0.05, 0.1) is 3.57 Å². The molecular weight excluding hydrogens is 595 g/mol. The molecule has 3 aromatic rings. The Labute approximate surface area is 236 Å². The average Bonchev–Trinajstić information content (AvgIpc) is 3.41. The summed E-state index contributed by atoms with van der Waals surface area (Å²) in [6, 6.07) is 8.33. The number of anilines is 3. The van der Waals surface area contributed by atoms with Crippen molar-refractivity contribution in [3.8, 4) is 0 Å². The third-order valence-electron chi connectivity index (χ3n) is 7.25. The van der Waals surface area contributed by atoms with Crippen LogP contribution in [-0.4, -0.2) is 57.3 Å². The number of aromatic nitrogens is 3. The van der Waals surface area contributed by atoms with Crippen molar-refractivity contribution in [2.24, 2.45) is 0 Å². The number of halogens is 1. The summed E-state index contributed by atoms with van der Waals surface area (Å²) in [5, 5.41) is 4.24. The van der Waals surface area contributed by atoms with Gasteiger partial charge in [0.2, 0.25) is 5.95 Å². The van der Waals surface area contributed by atoms with Crippen LogP contribution in [0.2, 0.25) is 0 Å². The molecule has 0 spiro atoms. The van der Waals surface area contributed by atoms with Gasteiger partial charge >= 0.3 is 6.09 Å². The molecule has 2 aliphatic rings. The molecule has 2 aromatic heterocycles. The van der Waals surface area contributed by atoms with Crippen LogP contribution in [0.3, 0.4) is 0 Å². The van der Waals surface area contributed by atoms with E-state index >= 15 is 0 Å². The molecule has 0 atom stereocenters. The number of rotatable bonds is 4. The standard InChI is InChI=1S/C28H35IN6O3/c1-18-22-17-30-26(32-24(22)35(25(36)23(18)29)21-7-5-6-8-21)31-19-9-11-20(12-10-19)33-13-15-34(16-14-33)27(37)38-28(2,3)4/h9-12,17,21H,5-8,13-16H2,1-4H3,(H,30,31,32). The first-order valence-electron chi connectivity index (χ1n) is 13.3. The van der Waals surface area contributed by atoms with Gasteiger partial charge in [-0.1, -0.05) is 12.8 Å². The molecule has 1 aromatic carbocycles. The van der Waals surface area contributed by atoms with Gasteiger partial charge < -0.3 is 19.9 Å². The molecule has 0 bridgehead atoms. The third kappa shape index (κ3) is 5.60. The van der Waals surface area contributed by atoms with Crippen molar-refractivity contribution in [2.45, 2.75) is 65.0 Å². The van der Waals surface area contributed by atoms with Gasteiger partial charge in [0.15, 0.2) is 0 Å². The molecule has 5 rings (SSSR count). The van der Waals surface area contributed by atoms with E-state index in [0.29, 0.717) is 24.7 Å². The first-order valence-corrected chi connectivity index (χ1v) is 14.4. The summed E-state index contributed by atoms with van der Waals surface area (Å²) in [5.74, 6) is 0.475. The maximum absolute atomic E-state index is 13.2. The minimum atomic E-state index is -0.489. The molecule has 10 heteroatoms. The summed E-state index contributed by atoms with van der Waals surface area (Å²) in [6.45, 7) is 10.4. The van der Waals surface area contributed by atoms with E-state index in [9.17, 15) is 9.59 Å². The molecule has 0 unspecified atom stereocenters. The van der Waals surface area contributed by atoms with Crippen molar-refractivity contribution >= 4 is 57.0 Å². The van der Waals surface area contributed by atoms with Gasteiger partial charge in [-0.3, -0.25) is 9.36 Å². The molecule has 1 amide bonds. The van der Waals surface area contributed by atoms with E-state index in [-0.39, 0.29) is 17.7 Å². The van der Waals surface area contributed by atoms with Crippen molar-refractivity contribution < 1.29 is 9.53 Å². The molecule has 38 heavy (non-hydrogen) atoms. The second-order valence-corrected chi connectivity index (χ2v) is 12.2. The largest absolute Gasteiger partial charge is 0.444 e. The maximum Gasteiger partial charge on any atom is 0.410 e. The van der Waals surface area contributed by atoms with E-state index in [2.05, 4.69) is 49.9 Å². The Balaban J connectivity index is 1.30. The van der Waals surface area contributed by atoms with Crippen molar-refractivity contribution in [1.29, 1.82) is 0 Å². The van der Waals surface area contributed by atoms with Crippen LogP contribution in [0.25, 0.3) is 11.0 Å². The minimum absolute atomic E-state index is 0.0447. The molecule has 3 heterocycles. The quantitative estimate of drug-likeness (QED) is 0.374. The SMILES string of the molecule is Cc1c(I)c(=O)n(C2CCCC2)c2nc(Nc3ccc(N4CCN(C(=O)OC(C)(C)C)CC4)cc3)ncc12. The lowest BCUT2D eigenvalue weighted by molar-refractivity contribution is 0.0240. The zero-order chi connectivity index (χ0) is 27.0. The average molecular weight is 631 g/mol. The number of nitrogens with one attached hydrogen (secondary N) is 1. The van der Waals surface area contributed by atoms with E-state index in [1.807, 2.05) is 50.6 Å². The smallest absolute Gasteiger partial charge is 0.410 e. The van der Waals surface area contributed by atoms with Crippen LogP contribution in [-0.2, 0) is 4.74 Å². The van der Waals surface area contributed by atoms with Gasteiger partial charge in [-0.2, -0.15) is 4.98 Å². The van der Waals surface area contributed by atoms with E-state index in [0.717, 1.165) is 64.7 Å². The summed E-state index contributed by atoms with van der Waals surface area (Å²) in [6.07, 6.45) is 5.87. The molecule has 1 N–H and O–H groups in total. The number of carbonyl (C=O) groups is 1. The summed E-state index contributed by atoms with van der Waals surface area (Å²) in [7, 11) is 0. The highest BCUT2D eigenvalue weighted by Crippen LogP contribution is 2.32. The number of benzene rings is 1. The Bertz CT molecular complexity index is 1380. The topological polar surface area (TPSA) is 92.6 Å². The number of hydrogen-bond acceptors (Lipinski definition) is 7. The predicted octanol–water partition coefficient (Wildman–Crippen LogP) is 5.62. The number of hydrogen-bond donors (Lipinski definition) is 1. The lowest BCUT2D eigenvalue weighted by Gasteiger charge is -2.36. The first-order chi connectivity index (χ1) is 18.1. The Morgan fingerprint density at radius 2 is 1.74 bits per heavy atom. The van der Waals surface area contributed by atoms with Crippen LogP contribution in [0, 0.1) is 10.5 Å². The Kier molecular flexibility index (Phi) is 7.52. The second-order valence-electron chi connectivity index (χ2n) is 11.1. The van der Waals surface area contributed by atoms with Gasteiger partial charge in [0, 0.05) is 55.2 Å². The monoisotopic (exact) mass is 630 g/mol. The fourth-order valence-electron chi connectivity index (χ4n) is 5.22. The lowest BCUT2D eigenvalue weighted by atomic mass is 10.1. The normalized spacial score (nSPS) is 16.8. The van der Waals surface area contributed by atoms with Gasteiger partial charge in [0.25, 0.3) is 5.56 Å². The highest BCUT2D eigenvalue weighted by atomic mass is 127. The van der Waals surface area contributed by atoms with Crippen molar-refractivity contribution in [3.05, 3.63) is 49.9 Å². The maximum atomic E-state index is 13.2. The molecular formula is C28H35IN6O3. The molecule has 1 aliphatic carbocycles. The summed E-state index contributed by atoms with van der Waals surface area (Å²) >= 11 is 2.15. The zero-order valence-corrected chi connectivity index (χ0v) is 24.6. The van der Waals surface area contributed by atoms with Crippen LogP contribution >= 0.6 is 22.6 Å². The van der Waals surface area contributed by atoms with Crippen molar-refractivity contribution in [2.75, 3.05) is 36.4 Å². The number of pyridine rings is 1. The van der Waals surface area contributed by atoms with Crippen LogP contribution in [0.1, 0.15) is 58.1 Å². The lowest BCUT2D eigenvalue weighted by Crippen LogP contribution is -2.50. The van der Waals surface area contributed by atoms with E-state index in [1.54, 1.807) is 4.90 Å². The number of nitrogens with zero attached hydrogens (tertiary/aromatic N) is 5. The zero-order valence-electron chi connectivity index (χ0n) is 22.5. The molecule has 1 saturated carbocycles. The fourth-order valence-corrected chi connectivity index (χ4v) is 5.77. The Morgan fingerprint density at radius 1 is 1.08 bits per heavy atom. The molecule has 0 radical (unpaired) electrons. The molecule has 1 aliphatic heterocycles. The predicted molar refractivity (Wildman–Crippen MR) is 159 cm³/mol. The van der Waals surface area contributed by atoms with Gasteiger partial charge in [-0.05, 0) is 93.0 Å².